The molecular formula is C15H21BrN2O3S. The van der Waals surface area contributed by atoms with Crippen LogP contribution in [0.5, 0.6) is 0 Å². The van der Waals surface area contributed by atoms with Crippen LogP contribution in [-0.4, -0.2) is 50.2 Å². The minimum Gasteiger partial charge on any atom is -0.336 e. The number of nitrogens with zero attached hydrogens (tertiary/aromatic N) is 2. The van der Waals surface area contributed by atoms with Gasteiger partial charge in [-0.3, -0.25) is 4.79 Å². The summed E-state index contributed by atoms with van der Waals surface area (Å²) in [5.74, 6) is -0.102. The Morgan fingerprint density at radius 1 is 1.32 bits per heavy atom. The normalized spacial score (nSPS) is 19.5. The van der Waals surface area contributed by atoms with Gasteiger partial charge < -0.3 is 4.90 Å². The molecule has 1 aliphatic rings. The maximum absolute atomic E-state index is 12.7. The van der Waals surface area contributed by atoms with Gasteiger partial charge in [0.2, 0.25) is 10.0 Å². The fourth-order valence-electron chi connectivity index (χ4n) is 2.60. The highest BCUT2D eigenvalue weighted by molar-refractivity contribution is 9.10. The Balaban J connectivity index is 2.39. The number of piperidine rings is 1. The van der Waals surface area contributed by atoms with Gasteiger partial charge in [0, 0.05) is 36.7 Å². The van der Waals surface area contributed by atoms with Crippen molar-refractivity contribution in [2.45, 2.75) is 37.1 Å². The fourth-order valence-corrected chi connectivity index (χ4v) is 4.44. The number of hydrogen-bond acceptors (Lipinski definition) is 3. The van der Waals surface area contributed by atoms with Crippen molar-refractivity contribution in [3.05, 3.63) is 28.2 Å². The SMILES string of the molecule is CC1CCCCN1C(=O)c1ccc(Br)c(S(=O)(=O)N(C)C)c1. The quantitative estimate of drug-likeness (QED) is 0.799. The standard InChI is InChI=1S/C15H21BrN2O3S/c1-11-6-4-5-9-18(11)15(19)12-7-8-13(16)14(10-12)22(20,21)17(2)3/h7-8,10-11H,4-6,9H2,1-3H3. The molecule has 22 heavy (non-hydrogen) atoms. The summed E-state index contributed by atoms with van der Waals surface area (Å²) in [6.45, 7) is 2.76. The number of rotatable bonds is 3. The van der Waals surface area contributed by atoms with Gasteiger partial charge in [0.05, 0.1) is 4.90 Å². The number of sulfonamides is 1. The van der Waals surface area contributed by atoms with E-state index in [1.165, 1.54) is 20.2 Å². The van der Waals surface area contributed by atoms with E-state index in [1.807, 2.05) is 11.8 Å². The molecule has 2 rings (SSSR count). The van der Waals surface area contributed by atoms with Crippen LogP contribution in [0.4, 0.5) is 0 Å². The molecule has 1 amide bonds. The topological polar surface area (TPSA) is 57.7 Å². The third-order valence-corrected chi connectivity index (χ3v) is 6.81. The van der Waals surface area contributed by atoms with Gasteiger partial charge in [-0.15, -0.1) is 0 Å². The number of carbonyl (C=O) groups is 1. The largest absolute Gasteiger partial charge is 0.336 e. The summed E-state index contributed by atoms with van der Waals surface area (Å²) in [6.07, 6.45) is 3.12. The molecule has 1 atom stereocenters. The summed E-state index contributed by atoms with van der Waals surface area (Å²) in [7, 11) is -0.642. The smallest absolute Gasteiger partial charge is 0.254 e. The molecule has 1 fully saturated rings. The maximum Gasteiger partial charge on any atom is 0.254 e. The van der Waals surface area contributed by atoms with Gasteiger partial charge in [0.15, 0.2) is 0 Å². The molecule has 122 valence electrons. The molecule has 0 aliphatic carbocycles. The van der Waals surface area contributed by atoms with E-state index in [2.05, 4.69) is 15.9 Å². The van der Waals surface area contributed by atoms with Crippen molar-refractivity contribution in [1.29, 1.82) is 0 Å². The van der Waals surface area contributed by atoms with Crippen LogP contribution in [-0.2, 0) is 10.0 Å². The molecule has 1 aromatic carbocycles. The first-order valence-corrected chi connectivity index (χ1v) is 9.51. The minimum atomic E-state index is -3.59. The van der Waals surface area contributed by atoms with Crippen LogP contribution in [0.3, 0.4) is 0 Å². The Bertz CT molecular complexity index is 673. The Hall–Kier alpha value is -0.920. The average Bonchev–Trinajstić information content (AvgIpc) is 2.47. The van der Waals surface area contributed by atoms with Crippen LogP contribution in [0.15, 0.2) is 27.6 Å². The van der Waals surface area contributed by atoms with Crippen molar-refractivity contribution in [3.63, 3.8) is 0 Å². The molecule has 7 heteroatoms. The number of carbonyl (C=O) groups excluding carboxylic acids is 1. The van der Waals surface area contributed by atoms with E-state index in [1.54, 1.807) is 12.1 Å². The molecule has 0 bridgehead atoms. The summed E-state index contributed by atoms with van der Waals surface area (Å²) >= 11 is 3.26. The fraction of sp³-hybridized carbons (Fsp3) is 0.533. The molecule has 0 radical (unpaired) electrons. The predicted octanol–water partition coefficient (Wildman–Crippen LogP) is 2.71. The van der Waals surface area contributed by atoms with Gasteiger partial charge in [-0.05, 0) is 60.3 Å². The van der Waals surface area contributed by atoms with Crippen molar-refractivity contribution >= 4 is 31.9 Å². The zero-order valence-corrected chi connectivity index (χ0v) is 15.4. The van der Waals surface area contributed by atoms with E-state index in [0.717, 1.165) is 30.1 Å². The lowest BCUT2D eigenvalue weighted by atomic mass is 10.0. The van der Waals surface area contributed by atoms with Crippen molar-refractivity contribution in [2.24, 2.45) is 0 Å². The Morgan fingerprint density at radius 2 is 2.00 bits per heavy atom. The lowest BCUT2D eigenvalue weighted by Crippen LogP contribution is -2.42. The summed E-state index contributed by atoms with van der Waals surface area (Å²) in [6, 6.07) is 4.95. The molecule has 1 saturated heterocycles. The number of benzene rings is 1. The number of halogens is 1. The molecule has 1 aliphatic heterocycles. The summed E-state index contributed by atoms with van der Waals surface area (Å²) in [4.78, 5) is 14.6. The first-order chi connectivity index (χ1) is 10.2. The van der Waals surface area contributed by atoms with Gasteiger partial charge in [-0.1, -0.05) is 0 Å². The summed E-state index contributed by atoms with van der Waals surface area (Å²) in [5, 5.41) is 0. The van der Waals surface area contributed by atoms with E-state index in [-0.39, 0.29) is 16.8 Å². The molecular weight excluding hydrogens is 368 g/mol. The van der Waals surface area contributed by atoms with Crippen LogP contribution in [0, 0.1) is 0 Å². The summed E-state index contributed by atoms with van der Waals surface area (Å²) in [5.41, 5.74) is 0.414. The van der Waals surface area contributed by atoms with Crippen molar-refractivity contribution < 1.29 is 13.2 Å². The van der Waals surface area contributed by atoms with Crippen LogP contribution >= 0.6 is 15.9 Å². The maximum atomic E-state index is 12.7. The molecule has 1 aromatic rings. The zero-order valence-electron chi connectivity index (χ0n) is 13.0. The number of amides is 1. The van der Waals surface area contributed by atoms with Crippen LogP contribution in [0.25, 0.3) is 0 Å². The minimum absolute atomic E-state index is 0.102. The predicted molar refractivity (Wildman–Crippen MR) is 89.4 cm³/mol. The van der Waals surface area contributed by atoms with Crippen LogP contribution in [0.1, 0.15) is 36.5 Å². The zero-order chi connectivity index (χ0) is 16.5. The van der Waals surface area contributed by atoms with E-state index in [4.69, 9.17) is 0 Å². The van der Waals surface area contributed by atoms with Gasteiger partial charge in [-0.25, -0.2) is 12.7 Å². The van der Waals surface area contributed by atoms with E-state index in [9.17, 15) is 13.2 Å². The van der Waals surface area contributed by atoms with Crippen molar-refractivity contribution in [2.75, 3.05) is 20.6 Å². The first-order valence-electron chi connectivity index (χ1n) is 7.28. The van der Waals surface area contributed by atoms with E-state index in [0.29, 0.717) is 10.0 Å². The number of likely N-dealkylation sites (tertiary alicyclic amines) is 1. The molecule has 1 unspecified atom stereocenters. The molecule has 0 saturated carbocycles. The average molecular weight is 389 g/mol. The second-order valence-electron chi connectivity index (χ2n) is 5.78. The van der Waals surface area contributed by atoms with E-state index >= 15 is 0 Å². The highest BCUT2D eigenvalue weighted by Gasteiger charge is 2.27. The molecule has 0 aromatic heterocycles. The third kappa shape index (κ3) is 3.36. The first kappa shape index (κ1) is 17.4. The third-order valence-electron chi connectivity index (χ3n) is 4.00. The molecule has 0 spiro atoms. The lowest BCUT2D eigenvalue weighted by Gasteiger charge is -2.33. The highest BCUT2D eigenvalue weighted by atomic mass is 79.9. The molecule has 5 nitrogen and oxygen atoms in total. The van der Waals surface area contributed by atoms with Crippen LogP contribution < -0.4 is 0 Å². The molecule has 1 heterocycles. The van der Waals surface area contributed by atoms with Crippen molar-refractivity contribution in [1.82, 2.24) is 9.21 Å². The van der Waals surface area contributed by atoms with Crippen LogP contribution in [0.2, 0.25) is 0 Å². The van der Waals surface area contributed by atoms with E-state index < -0.39 is 10.0 Å². The lowest BCUT2D eigenvalue weighted by molar-refractivity contribution is 0.0635. The highest BCUT2D eigenvalue weighted by Crippen LogP contribution is 2.27. The van der Waals surface area contributed by atoms with Gasteiger partial charge >= 0.3 is 0 Å². The Kier molecular flexibility index (Phi) is 5.29. The molecule has 0 N–H and O–H groups in total. The second-order valence-corrected chi connectivity index (χ2v) is 8.75. The van der Waals surface area contributed by atoms with Crippen molar-refractivity contribution in [3.8, 4) is 0 Å². The Labute approximate surface area is 140 Å². The van der Waals surface area contributed by atoms with Gasteiger partial charge in [0.1, 0.15) is 0 Å². The monoisotopic (exact) mass is 388 g/mol. The summed E-state index contributed by atoms with van der Waals surface area (Å²) < 4.78 is 26.3. The number of hydrogen-bond donors (Lipinski definition) is 0. The Morgan fingerprint density at radius 3 is 2.59 bits per heavy atom. The van der Waals surface area contributed by atoms with Gasteiger partial charge in [0.25, 0.3) is 5.91 Å². The van der Waals surface area contributed by atoms with Gasteiger partial charge in [-0.2, -0.15) is 0 Å². The second kappa shape index (κ2) is 6.68.